The van der Waals surface area contributed by atoms with Crippen LogP contribution in [0.4, 0.5) is 5.69 Å². The van der Waals surface area contributed by atoms with Gasteiger partial charge in [-0.2, -0.15) is 5.10 Å². The van der Waals surface area contributed by atoms with Gasteiger partial charge >= 0.3 is 0 Å². The number of ether oxygens (including phenoxy) is 2. The number of nitrogens with zero attached hydrogens (tertiary/aromatic N) is 2. The predicted molar refractivity (Wildman–Crippen MR) is 179 cm³/mol. The molecule has 0 aliphatic carbocycles. The molecule has 0 aliphatic heterocycles. The summed E-state index contributed by atoms with van der Waals surface area (Å²) in [6.07, 6.45) is 1.40. The Bertz CT molecular complexity index is 1820. The number of amides is 1. The average molecular weight is 740 g/mol. The van der Waals surface area contributed by atoms with Crippen molar-refractivity contribution < 1.29 is 22.7 Å². The van der Waals surface area contributed by atoms with E-state index in [1.807, 2.05) is 6.92 Å². The molecule has 0 heterocycles. The van der Waals surface area contributed by atoms with Crippen LogP contribution in [-0.4, -0.2) is 34.2 Å². The molecule has 0 aliphatic rings. The number of hydrogen-bond donors (Lipinski definition) is 1. The summed E-state index contributed by atoms with van der Waals surface area (Å²) in [6.45, 7) is 3.27. The number of benzene rings is 4. The maximum absolute atomic E-state index is 13.7. The molecule has 0 spiro atoms. The van der Waals surface area contributed by atoms with Crippen molar-refractivity contribution in [2.75, 3.05) is 18.0 Å². The lowest BCUT2D eigenvalue weighted by molar-refractivity contribution is -0.119. The van der Waals surface area contributed by atoms with Crippen LogP contribution in [0.15, 0.2) is 87.3 Å². The number of hydrogen-bond acceptors (Lipinski definition) is 6. The number of sulfonamides is 1. The molecule has 0 aromatic heterocycles. The van der Waals surface area contributed by atoms with Crippen molar-refractivity contribution in [2.45, 2.75) is 25.3 Å². The fourth-order valence-electron chi connectivity index (χ4n) is 4.12. The van der Waals surface area contributed by atoms with Crippen LogP contribution in [0.25, 0.3) is 0 Å². The van der Waals surface area contributed by atoms with E-state index in [4.69, 9.17) is 44.3 Å². The molecule has 0 bridgehead atoms. The van der Waals surface area contributed by atoms with Gasteiger partial charge in [-0.3, -0.25) is 9.10 Å². The molecule has 0 radical (unpaired) electrons. The van der Waals surface area contributed by atoms with E-state index >= 15 is 0 Å². The Balaban J connectivity index is 1.50. The highest BCUT2D eigenvalue weighted by Gasteiger charge is 2.28. The third-order valence-corrected chi connectivity index (χ3v) is 9.68. The maximum Gasteiger partial charge on any atom is 0.264 e. The second kappa shape index (κ2) is 14.7. The molecule has 0 atom stereocenters. The standard InChI is InChI=1S/C31H27BrCl3N3O5S/c1-19-4-8-24(9-5-19)44(40,41)38(28-11-7-23(33)12-20(28)2)17-30(39)37-36-16-22-13-25(32)31(29(15-22)42-3)43-18-21-6-10-26(34)27(35)14-21/h4-16H,17-18H2,1-3H3,(H,37,39)/b36-16-. The van der Waals surface area contributed by atoms with Crippen LogP contribution >= 0.6 is 50.7 Å². The second-order valence-electron chi connectivity index (χ2n) is 9.62. The zero-order valence-electron chi connectivity index (χ0n) is 23.8. The van der Waals surface area contributed by atoms with E-state index < -0.39 is 22.5 Å². The Kier molecular flexibility index (Phi) is 11.2. The third-order valence-electron chi connectivity index (χ3n) is 6.35. The third kappa shape index (κ3) is 8.25. The number of halogens is 4. The number of carbonyl (C=O) groups excluding carboxylic acids is 1. The summed E-state index contributed by atoms with van der Waals surface area (Å²) in [5, 5.41) is 5.35. The van der Waals surface area contributed by atoms with Gasteiger partial charge in [0.15, 0.2) is 11.5 Å². The first kappa shape index (κ1) is 33.6. The van der Waals surface area contributed by atoms with Gasteiger partial charge in [0, 0.05) is 5.02 Å². The molecule has 4 aromatic carbocycles. The van der Waals surface area contributed by atoms with Crippen molar-refractivity contribution in [3.8, 4) is 11.5 Å². The van der Waals surface area contributed by atoms with Crippen molar-refractivity contribution in [3.63, 3.8) is 0 Å². The van der Waals surface area contributed by atoms with E-state index in [0.717, 1.165) is 15.4 Å². The van der Waals surface area contributed by atoms with Crippen LogP contribution in [0.2, 0.25) is 15.1 Å². The summed E-state index contributed by atoms with van der Waals surface area (Å²) < 4.78 is 40.4. The van der Waals surface area contributed by atoms with E-state index in [1.165, 1.54) is 25.5 Å². The molecule has 1 amide bonds. The molecule has 1 N–H and O–H groups in total. The highest BCUT2D eigenvalue weighted by atomic mass is 79.9. The van der Waals surface area contributed by atoms with Crippen molar-refractivity contribution in [3.05, 3.63) is 115 Å². The maximum atomic E-state index is 13.7. The van der Waals surface area contributed by atoms with Crippen LogP contribution < -0.4 is 19.2 Å². The summed E-state index contributed by atoms with van der Waals surface area (Å²) in [4.78, 5) is 13.1. The molecule has 230 valence electrons. The Morgan fingerprint density at radius 2 is 1.70 bits per heavy atom. The van der Waals surface area contributed by atoms with E-state index in [1.54, 1.807) is 67.6 Å². The first-order chi connectivity index (χ1) is 20.9. The molecule has 0 unspecified atom stereocenters. The number of carbonyl (C=O) groups is 1. The first-order valence-corrected chi connectivity index (χ1v) is 16.4. The highest BCUT2D eigenvalue weighted by Crippen LogP contribution is 2.37. The number of anilines is 1. The van der Waals surface area contributed by atoms with Crippen LogP contribution in [0.1, 0.15) is 22.3 Å². The minimum absolute atomic E-state index is 0.0483. The molecule has 13 heteroatoms. The zero-order chi connectivity index (χ0) is 32.0. The molecule has 0 saturated heterocycles. The van der Waals surface area contributed by atoms with Gasteiger partial charge in [-0.15, -0.1) is 0 Å². The van der Waals surface area contributed by atoms with Crippen molar-refractivity contribution >= 4 is 78.6 Å². The lowest BCUT2D eigenvalue weighted by Crippen LogP contribution is -2.40. The number of nitrogens with one attached hydrogen (secondary N) is 1. The summed E-state index contributed by atoms with van der Waals surface area (Å²) in [5.41, 5.74) is 5.61. The van der Waals surface area contributed by atoms with Crippen LogP contribution in [0, 0.1) is 13.8 Å². The molecule has 8 nitrogen and oxygen atoms in total. The second-order valence-corrected chi connectivity index (χ2v) is 13.6. The lowest BCUT2D eigenvalue weighted by atomic mass is 10.2. The Morgan fingerprint density at radius 3 is 2.36 bits per heavy atom. The minimum Gasteiger partial charge on any atom is -0.493 e. The van der Waals surface area contributed by atoms with E-state index in [9.17, 15) is 13.2 Å². The van der Waals surface area contributed by atoms with Gasteiger partial charge in [-0.25, -0.2) is 13.8 Å². The molecular formula is C31H27BrCl3N3O5S. The fraction of sp³-hybridized carbons (Fsp3) is 0.161. The number of aryl methyl sites for hydroxylation is 2. The molecule has 44 heavy (non-hydrogen) atoms. The Morgan fingerprint density at radius 1 is 0.977 bits per heavy atom. The molecule has 0 fully saturated rings. The summed E-state index contributed by atoms with van der Waals surface area (Å²) in [6, 6.07) is 19.8. The summed E-state index contributed by atoms with van der Waals surface area (Å²) in [5.74, 6) is 0.217. The minimum atomic E-state index is -4.10. The van der Waals surface area contributed by atoms with Gasteiger partial charge in [0.1, 0.15) is 13.2 Å². The van der Waals surface area contributed by atoms with Crippen molar-refractivity contribution in [2.24, 2.45) is 5.10 Å². The summed E-state index contributed by atoms with van der Waals surface area (Å²) in [7, 11) is -2.60. The van der Waals surface area contributed by atoms with E-state index in [0.29, 0.717) is 47.9 Å². The Hall–Kier alpha value is -3.28. The number of rotatable bonds is 11. The normalized spacial score (nSPS) is 11.4. The molecule has 4 rings (SSSR count). The lowest BCUT2D eigenvalue weighted by Gasteiger charge is -2.25. The summed E-state index contributed by atoms with van der Waals surface area (Å²) >= 11 is 21.7. The van der Waals surface area contributed by atoms with Crippen molar-refractivity contribution in [1.29, 1.82) is 0 Å². The average Bonchev–Trinajstić information content (AvgIpc) is 2.97. The van der Waals surface area contributed by atoms with Crippen LogP contribution in [0.5, 0.6) is 11.5 Å². The van der Waals surface area contributed by atoms with Crippen LogP contribution in [0.3, 0.4) is 0 Å². The smallest absolute Gasteiger partial charge is 0.264 e. The quantitative estimate of drug-likeness (QED) is 0.124. The zero-order valence-corrected chi connectivity index (χ0v) is 28.4. The van der Waals surface area contributed by atoms with Gasteiger partial charge in [-0.05, 0) is 101 Å². The van der Waals surface area contributed by atoms with Gasteiger partial charge in [0.25, 0.3) is 15.9 Å². The first-order valence-electron chi connectivity index (χ1n) is 13.0. The predicted octanol–water partition coefficient (Wildman–Crippen LogP) is 7.96. The Labute approximate surface area is 279 Å². The fourth-order valence-corrected chi connectivity index (χ4v) is 6.73. The van der Waals surface area contributed by atoms with E-state index in [2.05, 4.69) is 26.5 Å². The van der Waals surface area contributed by atoms with Gasteiger partial charge in [0.2, 0.25) is 0 Å². The van der Waals surface area contributed by atoms with Gasteiger partial charge in [0.05, 0.1) is 38.4 Å². The van der Waals surface area contributed by atoms with Crippen molar-refractivity contribution in [1.82, 2.24) is 5.43 Å². The molecular weight excluding hydrogens is 713 g/mol. The topological polar surface area (TPSA) is 97.3 Å². The van der Waals surface area contributed by atoms with E-state index in [-0.39, 0.29) is 11.5 Å². The highest BCUT2D eigenvalue weighted by molar-refractivity contribution is 9.10. The number of methoxy groups -OCH3 is 1. The largest absolute Gasteiger partial charge is 0.493 e. The molecule has 0 saturated carbocycles. The van der Waals surface area contributed by atoms with Gasteiger partial charge in [-0.1, -0.05) is 58.6 Å². The molecule has 4 aromatic rings. The number of hydrazone groups is 1. The van der Waals surface area contributed by atoms with Crippen LogP contribution in [-0.2, 0) is 21.4 Å². The van der Waals surface area contributed by atoms with Gasteiger partial charge < -0.3 is 9.47 Å². The monoisotopic (exact) mass is 737 g/mol. The SMILES string of the molecule is COc1cc(/C=N\NC(=O)CN(c2ccc(Cl)cc2C)S(=O)(=O)c2ccc(C)cc2)cc(Br)c1OCc1ccc(Cl)c(Cl)c1.